The van der Waals surface area contributed by atoms with E-state index < -0.39 is 21.5 Å². The number of ether oxygens (including phenoxy) is 6. The summed E-state index contributed by atoms with van der Waals surface area (Å²) in [6, 6.07) is 13.8. The summed E-state index contributed by atoms with van der Waals surface area (Å²) in [4.78, 5) is 40.4. The second kappa shape index (κ2) is 16.6. The SMILES string of the molecule is CC1(OC(=O)COc2ccc([Te](I)(I)c3ccc(OCC(=O)OC4(C)C5CC6CC(C5)CC4C6)cc3OCC(=O)OC3(C)C4CC5CC(C4)CC3C5)cc2)C2CC3CC(C2)CC1C3. The zero-order valence-corrected chi connectivity index (χ0v) is 43.7. The summed E-state index contributed by atoms with van der Waals surface area (Å²) in [6.45, 7) is 5.97. The van der Waals surface area contributed by atoms with Crippen molar-refractivity contribution in [3.8, 4) is 17.2 Å². The van der Waals surface area contributed by atoms with Crippen LogP contribution in [-0.2, 0) is 28.6 Å². The van der Waals surface area contributed by atoms with Crippen molar-refractivity contribution in [2.24, 2.45) is 71.0 Å². The molecule has 12 heteroatoms. The fraction of sp³-hybridized carbons (Fsp3) is 0.706. The van der Waals surface area contributed by atoms with Gasteiger partial charge in [0.05, 0.1) is 0 Å². The van der Waals surface area contributed by atoms with E-state index in [0.717, 1.165) is 94.1 Å². The molecule has 12 aliphatic carbocycles. The molecule has 0 spiro atoms. The van der Waals surface area contributed by atoms with E-state index in [2.05, 4.69) is 70.3 Å². The molecule has 342 valence electrons. The molecule has 0 amide bonds. The Hall–Kier alpha value is -1.50. The molecule has 0 saturated heterocycles. The zero-order chi connectivity index (χ0) is 43.5. The van der Waals surface area contributed by atoms with Crippen LogP contribution < -0.4 is 21.4 Å². The predicted octanol–water partition coefficient (Wildman–Crippen LogP) is 9.52. The Morgan fingerprint density at radius 3 is 1.16 bits per heavy atom. The number of benzene rings is 2. The van der Waals surface area contributed by atoms with E-state index in [1.54, 1.807) is 0 Å². The first kappa shape index (κ1) is 44.0. The molecule has 12 aliphatic rings. The molecule has 9 nitrogen and oxygen atoms in total. The van der Waals surface area contributed by atoms with Crippen LogP contribution in [0.4, 0.5) is 0 Å². The maximum absolute atomic E-state index is 13.7. The van der Waals surface area contributed by atoms with Crippen molar-refractivity contribution in [3.63, 3.8) is 0 Å². The number of hydrogen-bond acceptors (Lipinski definition) is 9. The predicted molar refractivity (Wildman–Crippen MR) is 257 cm³/mol. The molecule has 0 radical (unpaired) electrons. The van der Waals surface area contributed by atoms with E-state index in [1.165, 1.54) is 44.9 Å². The third-order valence-corrected chi connectivity index (χ3v) is 36.8. The second-order valence-electron chi connectivity index (χ2n) is 22.3. The maximum atomic E-state index is 13.7. The number of esters is 3. The molecule has 0 N–H and O–H groups in total. The summed E-state index contributed by atoms with van der Waals surface area (Å²) in [5.74, 6) is 8.07. The standard InChI is InChI=1S/C51H64I2O9Te/c1-49(35-13-29-10-30(15-35)16-36(49)14-29)60-46(54)26-57-41-4-7-43(8-5-41)63(52,53)45-9-6-42(58-27-47(55)61-50(2)37-17-31-11-32(19-37)20-38(50)18-31)25-44(45)59-28-48(56)62-51(3)39-21-33-12-34(23-39)24-40(51)22-33/h4-9,25,29-40H,10-24,26-28H2,1-3H3. The summed E-state index contributed by atoms with van der Waals surface area (Å²) in [5.41, 5.74) is -1.25. The van der Waals surface area contributed by atoms with Gasteiger partial charge >= 0.3 is 387 Å². The molecular formula is C51H64I2O9Te. The fourth-order valence-corrected chi connectivity index (χ4v) is 28.5. The van der Waals surface area contributed by atoms with Gasteiger partial charge in [0.25, 0.3) is 0 Å². The minimum atomic E-state index is -3.22. The first-order chi connectivity index (χ1) is 30.1. The van der Waals surface area contributed by atoms with E-state index in [1.807, 2.05) is 30.3 Å². The number of rotatable bonds is 14. The third-order valence-electron chi connectivity index (χ3n) is 18.6. The van der Waals surface area contributed by atoms with E-state index in [9.17, 15) is 14.4 Å². The molecule has 14 rings (SSSR count). The Labute approximate surface area is 396 Å². The number of carbonyl (C=O) groups excluding carboxylic acids is 3. The summed E-state index contributed by atoms with van der Waals surface area (Å²) in [6.07, 6.45) is 18.0. The monoisotopic (exact) mass is 1200 g/mol. The third kappa shape index (κ3) is 8.14. The van der Waals surface area contributed by atoms with Crippen LogP contribution in [0.25, 0.3) is 0 Å². The Morgan fingerprint density at radius 1 is 0.476 bits per heavy atom. The van der Waals surface area contributed by atoms with Gasteiger partial charge in [0.2, 0.25) is 0 Å². The number of carbonyl (C=O) groups is 3. The van der Waals surface area contributed by atoms with Gasteiger partial charge in [0, 0.05) is 0 Å². The van der Waals surface area contributed by atoms with Crippen LogP contribution in [0.3, 0.4) is 0 Å². The molecule has 0 heterocycles. The molecule has 0 aromatic heterocycles. The molecule has 12 bridgehead atoms. The Bertz CT molecular complexity index is 2040. The van der Waals surface area contributed by atoms with Gasteiger partial charge in [-0.15, -0.1) is 0 Å². The average Bonchev–Trinajstić information content (AvgIpc) is 3.24. The van der Waals surface area contributed by atoms with Gasteiger partial charge in [-0.3, -0.25) is 0 Å². The molecular weight excluding hydrogens is 1140 g/mol. The van der Waals surface area contributed by atoms with Crippen molar-refractivity contribution < 1.29 is 42.8 Å². The first-order valence-corrected chi connectivity index (χ1v) is 40.0. The Morgan fingerprint density at radius 2 is 0.794 bits per heavy atom. The van der Waals surface area contributed by atoms with Crippen LogP contribution in [0.2, 0.25) is 0 Å². The van der Waals surface area contributed by atoms with Gasteiger partial charge in [-0.1, -0.05) is 0 Å². The second-order valence-corrected chi connectivity index (χ2v) is 56.6. The van der Waals surface area contributed by atoms with Gasteiger partial charge in [-0.25, -0.2) is 0 Å². The van der Waals surface area contributed by atoms with Crippen molar-refractivity contribution in [3.05, 3.63) is 42.5 Å². The quantitative estimate of drug-likeness (QED) is 0.0792. The van der Waals surface area contributed by atoms with Crippen molar-refractivity contribution in [1.82, 2.24) is 0 Å². The van der Waals surface area contributed by atoms with Crippen LogP contribution in [0, 0.1) is 71.0 Å². The molecule has 2 aromatic rings. The van der Waals surface area contributed by atoms with Crippen molar-refractivity contribution in [1.29, 1.82) is 0 Å². The molecule has 2 aromatic carbocycles. The van der Waals surface area contributed by atoms with Crippen molar-refractivity contribution >= 4 is 72.8 Å². The van der Waals surface area contributed by atoms with Crippen molar-refractivity contribution in [2.45, 2.75) is 134 Å². The molecule has 63 heavy (non-hydrogen) atoms. The van der Waals surface area contributed by atoms with E-state index in [0.29, 0.717) is 52.8 Å². The Kier molecular flexibility index (Phi) is 11.6. The van der Waals surface area contributed by atoms with Crippen LogP contribution in [0.15, 0.2) is 42.5 Å². The molecule has 0 unspecified atom stereocenters. The average molecular weight is 1200 g/mol. The molecule has 0 atom stereocenters. The summed E-state index contributed by atoms with van der Waals surface area (Å²) in [5, 5.41) is 0. The topological polar surface area (TPSA) is 107 Å². The van der Waals surface area contributed by atoms with Crippen LogP contribution in [0.5, 0.6) is 17.2 Å². The van der Waals surface area contributed by atoms with Gasteiger partial charge in [0.15, 0.2) is 0 Å². The molecule has 12 saturated carbocycles. The summed E-state index contributed by atoms with van der Waals surface area (Å²) >= 11 is 5.20. The summed E-state index contributed by atoms with van der Waals surface area (Å²) < 4.78 is 39.8. The van der Waals surface area contributed by atoms with Gasteiger partial charge in [-0.2, -0.15) is 0 Å². The van der Waals surface area contributed by atoms with Gasteiger partial charge in [0.1, 0.15) is 0 Å². The first-order valence-electron chi connectivity index (χ1n) is 24.1. The van der Waals surface area contributed by atoms with Gasteiger partial charge < -0.3 is 0 Å². The van der Waals surface area contributed by atoms with Crippen LogP contribution >= 0.6 is 37.4 Å². The van der Waals surface area contributed by atoms with Crippen molar-refractivity contribution in [2.75, 3.05) is 19.8 Å². The molecule has 12 fully saturated rings. The van der Waals surface area contributed by atoms with E-state index in [4.69, 9.17) is 28.4 Å². The normalized spacial score (nSPS) is 41.3. The fourth-order valence-electron chi connectivity index (χ4n) is 15.8. The zero-order valence-electron chi connectivity index (χ0n) is 37.0. The van der Waals surface area contributed by atoms with E-state index in [-0.39, 0.29) is 43.3 Å². The van der Waals surface area contributed by atoms with E-state index >= 15 is 0 Å². The number of halogens is 2. The van der Waals surface area contributed by atoms with Gasteiger partial charge in [-0.05, 0) is 12.8 Å². The van der Waals surface area contributed by atoms with Crippen LogP contribution in [0.1, 0.15) is 117 Å². The minimum absolute atomic E-state index is 0.116. The summed E-state index contributed by atoms with van der Waals surface area (Å²) in [7, 11) is -3.22. The Balaban J connectivity index is 0.766. The number of hydrogen-bond donors (Lipinski definition) is 0. The van der Waals surface area contributed by atoms with Crippen LogP contribution in [-0.4, -0.2) is 64.8 Å². The molecule has 0 aliphatic heterocycles.